The minimum atomic E-state index is -3.59. The molecule has 0 bridgehead atoms. The van der Waals surface area contributed by atoms with Crippen molar-refractivity contribution in [2.24, 2.45) is 4.99 Å². The topological polar surface area (TPSA) is 90.9 Å². The largest absolute Gasteiger partial charge is 0.353 e. The Morgan fingerprint density at radius 2 is 2.08 bits per heavy atom. The second kappa shape index (κ2) is 7.56. The van der Waals surface area contributed by atoms with Crippen molar-refractivity contribution in [1.29, 1.82) is 0 Å². The zero-order chi connectivity index (χ0) is 18.7. The molecule has 2 N–H and O–H groups in total. The van der Waals surface area contributed by atoms with E-state index in [1.807, 2.05) is 30.4 Å². The van der Waals surface area contributed by atoms with Crippen LogP contribution in [0.2, 0.25) is 0 Å². The molecule has 1 aromatic heterocycles. The molecule has 26 heavy (non-hydrogen) atoms. The first kappa shape index (κ1) is 18.6. The van der Waals surface area contributed by atoms with Gasteiger partial charge in [-0.2, -0.15) is 11.3 Å². The Morgan fingerprint density at radius 1 is 1.31 bits per heavy atom. The van der Waals surface area contributed by atoms with Crippen molar-refractivity contribution in [3.05, 3.63) is 52.2 Å². The number of hydrogen-bond acceptors (Lipinski definition) is 6. The highest BCUT2D eigenvalue weighted by atomic mass is 32.2. The average molecular weight is 393 g/mol. The predicted molar refractivity (Wildman–Crippen MR) is 102 cm³/mol. The monoisotopic (exact) mass is 392 g/mol. The number of rotatable bonds is 6. The fourth-order valence-electron chi connectivity index (χ4n) is 2.73. The highest BCUT2D eigenvalue weighted by Gasteiger charge is 2.30. The molecule has 1 amide bonds. The molecule has 9 heteroatoms. The van der Waals surface area contributed by atoms with Gasteiger partial charge in [-0.15, -0.1) is 0 Å². The molecule has 3 rings (SSSR count). The van der Waals surface area contributed by atoms with Gasteiger partial charge in [0, 0.05) is 12.1 Å². The van der Waals surface area contributed by atoms with Gasteiger partial charge >= 0.3 is 0 Å². The van der Waals surface area contributed by atoms with Gasteiger partial charge in [0.2, 0.25) is 5.91 Å². The normalized spacial score (nSPS) is 17.7. The van der Waals surface area contributed by atoms with E-state index >= 15 is 0 Å². The number of amides is 1. The summed E-state index contributed by atoms with van der Waals surface area (Å²) in [5.74, 6) is -0.0547. The van der Waals surface area contributed by atoms with Gasteiger partial charge < -0.3 is 10.2 Å². The van der Waals surface area contributed by atoms with E-state index in [0.29, 0.717) is 12.1 Å². The molecule has 1 aromatic carbocycles. The van der Waals surface area contributed by atoms with Crippen molar-refractivity contribution in [3.8, 4) is 0 Å². The molecule has 1 atom stereocenters. The van der Waals surface area contributed by atoms with Crippen LogP contribution in [0, 0.1) is 0 Å². The Bertz CT molecular complexity index is 921. The first-order valence-corrected chi connectivity index (χ1v) is 10.4. The lowest BCUT2D eigenvalue weighted by Crippen LogP contribution is -2.35. The summed E-state index contributed by atoms with van der Waals surface area (Å²) >= 11 is 1.61. The number of likely N-dealkylation sites (N-methyl/N-ethyl adjacent to an activating group) is 1. The summed E-state index contributed by atoms with van der Waals surface area (Å²) in [4.78, 5) is 18.5. The predicted octanol–water partition coefficient (Wildman–Crippen LogP) is 1.21. The number of carbonyl (C=O) groups is 1. The number of sulfonamides is 1. The van der Waals surface area contributed by atoms with Gasteiger partial charge in [0.05, 0.1) is 10.9 Å². The summed E-state index contributed by atoms with van der Waals surface area (Å²) < 4.78 is 26.5. The molecule has 1 aliphatic heterocycles. The molecule has 1 aliphatic rings. The highest BCUT2D eigenvalue weighted by molar-refractivity contribution is 7.90. The van der Waals surface area contributed by atoms with Crippen molar-refractivity contribution >= 4 is 33.1 Å². The Kier molecular flexibility index (Phi) is 5.40. The first-order chi connectivity index (χ1) is 12.4. The summed E-state index contributed by atoms with van der Waals surface area (Å²) in [6.07, 6.45) is 0. The summed E-state index contributed by atoms with van der Waals surface area (Å²) in [6, 6.07) is 8.68. The average Bonchev–Trinajstić information content (AvgIpc) is 3.20. The van der Waals surface area contributed by atoms with Crippen LogP contribution in [0.15, 0.2) is 51.0 Å². The van der Waals surface area contributed by atoms with Gasteiger partial charge in [0.15, 0.2) is 0 Å². The van der Waals surface area contributed by atoms with E-state index in [2.05, 4.69) is 20.4 Å². The smallest absolute Gasteiger partial charge is 0.263 e. The van der Waals surface area contributed by atoms with Gasteiger partial charge in [-0.1, -0.05) is 12.1 Å². The molecule has 0 fully saturated rings. The molecule has 7 nitrogen and oxygen atoms in total. The molecule has 0 spiro atoms. The molecule has 1 unspecified atom stereocenters. The second-order valence-corrected chi connectivity index (χ2v) is 8.54. The number of fused-ring (bicyclic) bond motifs is 1. The lowest BCUT2D eigenvalue weighted by Gasteiger charge is -2.23. The maximum atomic E-state index is 12.2. The number of nitrogens with zero attached hydrogens (tertiary/aromatic N) is 2. The van der Waals surface area contributed by atoms with E-state index in [0.717, 1.165) is 5.56 Å². The molecule has 0 radical (unpaired) electrons. The van der Waals surface area contributed by atoms with Crippen molar-refractivity contribution in [2.45, 2.75) is 10.9 Å². The van der Waals surface area contributed by atoms with Crippen LogP contribution in [-0.4, -0.2) is 52.2 Å². The van der Waals surface area contributed by atoms with Crippen LogP contribution in [0.5, 0.6) is 0 Å². The van der Waals surface area contributed by atoms with E-state index in [9.17, 15) is 13.2 Å². The van der Waals surface area contributed by atoms with Gasteiger partial charge in [0.1, 0.15) is 12.4 Å². The van der Waals surface area contributed by atoms with Crippen LogP contribution >= 0.6 is 11.3 Å². The molecule has 0 saturated heterocycles. The highest BCUT2D eigenvalue weighted by Crippen LogP contribution is 2.22. The van der Waals surface area contributed by atoms with Crippen LogP contribution in [-0.2, 0) is 14.8 Å². The van der Waals surface area contributed by atoms with E-state index in [4.69, 9.17) is 0 Å². The number of benzene rings is 1. The number of carbonyl (C=O) groups excluding carboxylic acids is 1. The lowest BCUT2D eigenvalue weighted by atomic mass is 10.1. The van der Waals surface area contributed by atoms with Crippen molar-refractivity contribution in [3.63, 3.8) is 0 Å². The number of amidine groups is 1. The first-order valence-electron chi connectivity index (χ1n) is 8.00. The zero-order valence-corrected chi connectivity index (χ0v) is 16.1. The minimum absolute atomic E-state index is 0.0727. The zero-order valence-electron chi connectivity index (χ0n) is 14.5. The Balaban J connectivity index is 1.64. The maximum Gasteiger partial charge on any atom is 0.263 e. The van der Waals surface area contributed by atoms with E-state index < -0.39 is 10.0 Å². The van der Waals surface area contributed by atoms with Crippen LogP contribution in [0.4, 0.5) is 0 Å². The Hall–Kier alpha value is -2.23. The summed E-state index contributed by atoms with van der Waals surface area (Å²) in [5.41, 5.74) is 1.63. The lowest BCUT2D eigenvalue weighted by molar-refractivity contribution is -0.119. The fourth-order valence-corrected chi connectivity index (χ4v) is 4.69. The molecule has 0 saturated carbocycles. The van der Waals surface area contributed by atoms with Crippen molar-refractivity contribution in [1.82, 2.24) is 14.9 Å². The number of aliphatic imine (C=N–C) groups is 1. The summed E-state index contributed by atoms with van der Waals surface area (Å²) in [7, 11) is 0.327. The molecule has 2 aromatic rings. The maximum absolute atomic E-state index is 12.2. The van der Waals surface area contributed by atoms with Gasteiger partial charge in [-0.3, -0.25) is 14.5 Å². The third kappa shape index (κ3) is 3.95. The van der Waals surface area contributed by atoms with E-state index in [-0.39, 0.29) is 29.2 Å². The third-order valence-electron chi connectivity index (χ3n) is 4.09. The Labute approximate surface area is 156 Å². The summed E-state index contributed by atoms with van der Waals surface area (Å²) in [5, 5.41) is 6.92. The molecule has 138 valence electrons. The quantitative estimate of drug-likeness (QED) is 0.773. The van der Waals surface area contributed by atoms with Crippen molar-refractivity contribution < 1.29 is 13.2 Å². The van der Waals surface area contributed by atoms with Gasteiger partial charge in [-0.25, -0.2) is 8.42 Å². The minimum Gasteiger partial charge on any atom is -0.353 e. The fraction of sp³-hybridized carbons (Fsp3) is 0.294. The molecular weight excluding hydrogens is 372 g/mol. The summed E-state index contributed by atoms with van der Waals surface area (Å²) in [6.45, 7) is 0.311. The third-order valence-corrected chi connectivity index (χ3v) is 6.19. The number of thiophene rings is 1. The van der Waals surface area contributed by atoms with E-state index in [1.165, 1.54) is 6.07 Å². The molecule has 2 heterocycles. The van der Waals surface area contributed by atoms with Crippen LogP contribution in [0.1, 0.15) is 17.2 Å². The SMILES string of the molecule is CN(C)C(CNC(=O)CN=C1NS(=O)(=O)c2ccccc21)c1ccsc1. The standard InChI is InChI=1S/C17H20N4O3S2/c1-21(2)14(12-7-8-25-11-12)9-18-16(22)10-19-17-13-5-3-4-6-15(13)26(23,24)20-17/h3-8,11,14H,9-10H2,1-2H3,(H,18,22)(H,19,20). The number of hydrogen-bond donors (Lipinski definition) is 2. The van der Waals surface area contributed by atoms with Crippen LogP contribution in [0.25, 0.3) is 0 Å². The second-order valence-electron chi connectivity index (χ2n) is 6.11. The molecular formula is C17H20N4O3S2. The van der Waals surface area contributed by atoms with Crippen LogP contribution in [0.3, 0.4) is 0 Å². The van der Waals surface area contributed by atoms with Crippen molar-refractivity contribution in [2.75, 3.05) is 27.2 Å². The molecule has 0 aliphatic carbocycles. The van der Waals surface area contributed by atoms with E-state index in [1.54, 1.807) is 29.5 Å². The Morgan fingerprint density at radius 3 is 2.77 bits per heavy atom. The van der Waals surface area contributed by atoms with Gasteiger partial charge in [0.25, 0.3) is 10.0 Å². The van der Waals surface area contributed by atoms with Gasteiger partial charge in [-0.05, 0) is 48.6 Å². The number of nitrogens with one attached hydrogen (secondary N) is 2. The van der Waals surface area contributed by atoms with Crippen LogP contribution < -0.4 is 10.0 Å².